The minimum Gasteiger partial charge on any atom is -0.481 e. The maximum absolute atomic E-state index is 9.00. The monoisotopic (exact) mass is 400 g/mol. The highest BCUT2D eigenvalue weighted by molar-refractivity contribution is 5.82. The van der Waals surface area contributed by atoms with Crippen LogP contribution >= 0.6 is 0 Å². The summed E-state index contributed by atoms with van der Waals surface area (Å²) >= 11 is 0. The van der Waals surface area contributed by atoms with E-state index in [-0.39, 0.29) is 0 Å². The predicted molar refractivity (Wildman–Crippen MR) is 124 cm³/mol. The standard InChI is InChI=1S/C10H8.C7H8.2C2H4O2.2C2H6/c1-2-6-10-8-4-3-7-9(10)5-1;1-7-5-3-2-4-6-7;2*1-2(3)4;2*1-2/h1-8H;2-6H,1H3;2*1H3,(H,3,4);2*1-2H3. The number of aryl methyl sites for hydroxylation is 1. The predicted octanol–water partition coefficient (Wildman–Crippen LogP) is 7.07. The number of rotatable bonds is 0. The van der Waals surface area contributed by atoms with Gasteiger partial charge in [0.1, 0.15) is 0 Å². The molecule has 3 aromatic carbocycles. The Labute approximate surface area is 175 Å². The zero-order valence-electron chi connectivity index (χ0n) is 18.7. The van der Waals surface area contributed by atoms with E-state index in [1.165, 1.54) is 16.3 Å². The lowest BCUT2D eigenvalue weighted by molar-refractivity contribution is -0.135. The summed E-state index contributed by atoms with van der Waals surface area (Å²) in [5, 5.41) is 17.5. The third-order valence-electron chi connectivity index (χ3n) is 2.60. The van der Waals surface area contributed by atoms with E-state index in [0.29, 0.717) is 0 Å². The molecule has 0 saturated carbocycles. The number of hydrogen-bond donors (Lipinski definition) is 2. The summed E-state index contributed by atoms with van der Waals surface area (Å²) in [6, 6.07) is 27.0. The van der Waals surface area contributed by atoms with Crippen LogP contribution in [0.4, 0.5) is 0 Å². The number of aliphatic carboxylic acids is 2. The van der Waals surface area contributed by atoms with Crippen molar-refractivity contribution < 1.29 is 19.8 Å². The Balaban J connectivity index is -0.000000315. The molecule has 0 bridgehead atoms. The first-order valence-electron chi connectivity index (χ1n) is 9.67. The summed E-state index contributed by atoms with van der Waals surface area (Å²) < 4.78 is 0. The molecule has 0 aliphatic rings. The van der Waals surface area contributed by atoms with E-state index >= 15 is 0 Å². The topological polar surface area (TPSA) is 74.6 Å². The number of benzene rings is 3. The van der Waals surface area contributed by atoms with E-state index in [1.54, 1.807) is 0 Å². The second-order valence-electron chi connectivity index (χ2n) is 5.04. The van der Waals surface area contributed by atoms with Gasteiger partial charge in [0.25, 0.3) is 11.9 Å². The van der Waals surface area contributed by atoms with E-state index < -0.39 is 11.9 Å². The maximum atomic E-state index is 9.00. The van der Waals surface area contributed by atoms with Crippen LogP contribution in [0.2, 0.25) is 0 Å². The average Bonchev–Trinajstić information content (AvgIpc) is 2.71. The van der Waals surface area contributed by atoms with Crippen molar-refractivity contribution in [2.45, 2.75) is 48.5 Å². The van der Waals surface area contributed by atoms with Gasteiger partial charge in [-0.25, -0.2) is 0 Å². The Hall–Kier alpha value is -3.14. The van der Waals surface area contributed by atoms with E-state index in [4.69, 9.17) is 19.8 Å². The Morgan fingerprint density at radius 3 is 0.931 bits per heavy atom. The first-order chi connectivity index (χ1) is 13.8. The first kappa shape index (κ1) is 30.6. The van der Waals surface area contributed by atoms with Crippen LogP contribution in [0, 0.1) is 6.92 Å². The first-order valence-corrected chi connectivity index (χ1v) is 9.67. The van der Waals surface area contributed by atoms with E-state index in [0.717, 1.165) is 13.8 Å². The normalized spacial score (nSPS) is 7.69. The van der Waals surface area contributed by atoms with Gasteiger partial charge in [0.15, 0.2) is 0 Å². The fourth-order valence-electron chi connectivity index (χ4n) is 1.67. The van der Waals surface area contributed by atoms with Crippen LogP contribution in [0.15, 0.2) is 78.9 Å². The Morgan fingerprint density at radius 2 is 0.759 bits per heavy atom. The van der Waals surface area contributed by atoms with Crippen LogP contribution in [0.5, 0.6) is 0 Å². The molecular weight excluding hydrogens is 364 g/mol. The Morgan fingerprint density at radius 1 is 0.552 bits per heavy atom. The van der Waals surface area contributed by atoms with Crippen LogP contribution < -0.4 is 0 Å². The molecule has 3 rings (SSSR count). The largest absolute Gasteiger partial charge is 0.481 e. The fraction of sp³-hybridized carbons (Fsp3) is 0.280. The minimum atomic E-state index is -0.833. The molecule has 0 aliphatic heterocycles. The molecule has 0 radical (unpaired) electrons. The van der Waals surface area contributed by atoms with E-state index in [1.807, 2.05) is 45.9 Å². The summed E-state index contributed by atoms with van der Waals surface area (Å²) in [6.07, 6.45) is 0. The summed E-state index contributed by atoms with van der Waals surface area (Å²) in [6.45, 7) is 12.3. The van der Waals surface area contributed by atoms with Crippen LogP contribution in [-0.4, -0.2) is 22.2 Å². The van der Waals surface area contributed by atoms with E-state index in [2.05, 4.69) is 67.6 Å². The highest BCUT2D eigenvalue weighted by Gasteiger charge is 1.85. The third-order valence-corrected chi connectivity index (χ3v) is 2.60. The molecule has 0 fully saturated rings. The second kappa shape index (κ2) is 22.9. The Kier molecular flexibility index (Phi) is 24.2. The van der Waals surface area contributed by atoms with Gasteiger partial charge in [-0.15, -0.1) is 0 Å². The van der Waals surface area contributed by atoms with Gasteiger partial charge in [-0.2, -0.15) is 0 Å². The number of fused-ring (bicyclic) bond motifs is 1. The van der Waals surface area contributed by atoms with Gasteiger partial charge in [-0.05, 0) is 17.7 Å². The lowest BCUT2D eigenvalue weighted by Crippen LogP contribution is -1.78. The second-order valence-corrected chi connectivity index (χ2v) is 5.04. The molecule has 3 aromatic rings. The lowest BCUT2D eigenvalue weighted by atomic mass is 10.1. The molecule has 4 heteroatoms. The molecule has 160 valence electrons. The lowest BCUT2D eigenvalue weighted by Gasteiger charge is -1.92. The maximum Gasteiger partial charge on any atom is 0.300 e. The SMILES string of the molecule is CC.CC.CC(=O)O.CC(=O)O.Cc1ccccc1.c1ccc2ccccc2c1. The minimum absolute atomic E-state index is 0.833. The molecule has 0 saturated heterocycles. The van der Waals surface area contributed by atoms with Crippen molar-refractivity contribution in [3.05, 3.63) is 84.4 Å². The van der Waals surface area contributed by atoms with Crippen LogP contribution in [0.1, 0.15) is 47.1 Å². The molecule has 0 aliphatic carbocycles. The summed E-state index contributed by atoms with van der Waals surface area (Å²) in [5.74, 6) is -1.67. The van der Waals surface area contributed by atoms with Gasteiger partial charge >= 0.3 is 0 Å². The van der Waals surface area contributed by atoms with Gasteiger partial charge in [0, 0.05) is 13.8 Å². The quantitative estimate of drug-likeness (QED) is 0.423. The molecule has 4 nitrogen and oxygen atoms in total. The zero-order chi connectivity index (χ0) is 23.1. The molecule has 0 heterocycles. The van der Waals surface area contributed by atoms with E-state index in [9.17, 15) is 0 Å². The third kappa shape index (κ3) is 24.9. The molecule has 0 spiro atoms. The highest BCUT2D eigenvalue weighted by atomic mass is 16.4. The van der Waals surface area contributed by atoms with Crippen molar-refractivity contribution in [2.75, 3.05) is 0 Å². The van der Waals surface area contributed by atoms with Crippen molar-refractivity contribution in [3.63, 3.8) is 0 Å². The number of carbonyl (C=O) groups is 2. The Bertz CT molecular complexity index is 667. The summed E-state index contributed by atoms with van der Waals surface area (Å²) in [4.78, 5) is 18.0. The van der Waals surface area contributed by atoms with Gasteiger partial charge < -0.3 is 10.2 Å². The van der Waals surface area contributed by atoms with Gasteiger partial charge in [-0.3, -0.25) is 9.59 Å². The fourth-order valence-corrected chi connectivity index (χ4v) is 1.67. The molecule has 2 N–H and O–H groups in total. The van der Waals surface area contributed by atoms with Crippen molar-refractivity contribution in [1.29, 1.82) is 0 Å². The molecule has 0 amide bonds. The molecule has 0 aromatic heterocycles. The molecule has 29 heavy (non-hydrogen) atoms. The smallest absolute Gasteiger partial charge is 0.300 e. The van der Waals surface area contributed by atoms with Crippen LogP contribution in [-0.2, 0) is 9.59 Å². The van der Waals surface area contributed by atoms with Crippen molar-refractivity contribution in [3.8, 4) is 0 Å². The summed E-state index contributed by atoms with van der Waals surface area (Å²) in [5.41, 5.74) is 1.32. The average molecular weight is 401 g/mol. The van der Waals surface area contributed by atoms with Crippen molar-refractivity contribution in [1.82, 2.24) is 0 Å². The molecular formula is C25H36O4. The zero-order valence-corrected chi connectivity index (χ0v) is 18.7. The molecule has 0 unspecified atom stereocenters. The van der Waals surface area contributed by atoms with Gasteiger partial charge in [0.2, 0.25) is 0 Å². The van der Waals surface area contributed by atoms with Crippen molar-refractivity contribution >= 4 is 22.7 Å². The van der Waals surface area contributed by atoms with Crippen LogP contribution in [0.3, 0.4) is 0 Å². The van der Waals surface area contributed by atoms with Crippen LogP contribution in [0.25, 0.3) is 10.8 Å². The molecule has 0 atom stereocenters. The van der Waals surface area contributed by atoms with Gasteiger partial charge in [-0.1, -0.05) is 112 Å². The van der Waals surface area contributed by atoms with Gasteiger partial charge in [0.05, 0.1) is 0 Å². The number of carboxylic acids is 2. The number of carboxylic acid groups (broad SMARTS) is 2. The summed E-state index contributed by atoms with van der Waals surface area (Å²) in [7, 11) is 0. The number of hydrogen-bond acceptors (Lipinski definition) is 2. The highest BCUT2D eigenvalue weighted by Crippen LogP contribution is 2.11. The van der Waals surface area contributed by atoms with Crippen molar-refractivity contribution in [2.24, 2.45) is 0 Å².